The highest BCUT2D eigenvalue weighted by Gasteiger charge is 2.54. The van der Waals surface area contributed by atoms with E-state index in [1.54, 1.807) is 24.4 Å². The minimum Gasteiger partial charge on any atom is -0.490 e. The third-order valence-corrected chi connectivity index (χ3v) is 12.9. The molecule has 1 spiro atoms. The number of imide groups is 2. The smallest absolute Gasteiger partial charge is 0.271 e. The molecule has 0 radical (unpaired) electrons. The Morgan fingerprint density at radius 2 is 1.66 bits per heavy atom. The zero-order valence-corrected chi connectivity index (χ0v) is 32.3. The van der Waals surface area contributed by atoms with Crippen molar-refractivity contribution in [3.63, 3.8) is 0 Å². The Morgan fingerprint density at radius 1 is 0.931 bits per heavy atom. The van der Waals surface area contributed by atoms with Gasteiger partial charge in [0.2, 0.25) is 11.8 Å². The van der Waals surface area contributed by atoms with Crippen LogP contribution in [0.1, 0.15) is 88.1 Å². The van der Waals surface area contributed by atoms with E-state index in [4.69, 9.17) is 21.6 Å². The van der Waals surface area contributed by atoms with Crippen molar-refractivity contribution in [3.8, 4) is 11.8 Å². The summed E-state index contributed by atoms with van der Waals surface area (Å²) in [4.78, 5) is 79.8. The number of nitrogens with zero attached hydrogens (tertiary/aromatic N) is 7. The van der Waals surface area contributed by atoms with E-state index in [1.807, 2.05) is 11.0 Å². The van der Waals surface area contributed by atoms with E-state index in [1.165, 1.54) is 12.3 Å². The Bertz CT molecular complexity index is 2240. The quantitative estimate of drug-likeness (QED) is 0.317. The van der Waals surface area contributed by atoms with E-state index in [-0.39, 0.29) is 58.8 Å². The van der Waals surface area contributed by atoms with Gasteiger partial charge in [0, 0.05) is 69.3 Å². The Morgan fingerprint density at radius 3 is 2.31 bits per heavy atom. The van der Waals surface area contributed by atoms with E-state index in [0.717, 1.165) is 81.5 Å². The van der Waals surface area contributed by atoms with Crippen LogP contribution >= 0.6 is 11.6 Å². The van der Waals surface area contributed by atoms with Crippen molar-refractivity contribution in [2.75, 3.05) is 49.1 Å². The lowest BCUT2D eigenvalue weighted by atomic mass is 9.60. The first-order valence-corrected chi connectivity index (χ1v) is 20.1. The lowest BCUT2D eigenvalue weighted by Gasteiger charge is -2.62. The standard InChI is InChI=1S/C41H41ClFN9O6/c42-30-13-27(4-1-23(30)18-44)58-26-5-2-24(3-6-26)47-37(54)32-19-46-35(20-45-32)51-21-41(22-51)16-25(17-41)49-9-11-50(12-10-49)34-15-29-28(14-31(34)43)39(56)52(40(29)57)33-7-8-36(53)48-38(33)55/h1,4,13-15,19-20,24-26,33H,2-3,5-12,16-17,21-22H2,(H,47,54)(H,48,53,55). The molecule has 1 aromatic heterocycles. The summed E-state index contributed by atoms with van der Waals surface area (Å²) in [6.07, 6.45) is 8.45. The van der Waals surface area contributed by atoms with Gasteiger partial charge in [-0.2, -0.15) is 5.26 Å². The summed E-state index contributed by atoms with van der Waals surface area (Å²) in [5.74, 6) is -2.00. The number of piperazine rings is 1. The van der Waals surface area contributed by atoms with Crippen molar-refractivity contribution >= 4 is 52.6 Å². The van der Waals surface area contributed by atoms with Crippen LogP contribution in [0.25, 0.3) is 0 Å². The van der Waals surface area contributed by atoms with Gasteiger partial charge in [0.25, 0.3) is 17.7 Å². The molecule has 15 nitrogen and oxygen atoms in total. The van der Waals surface area contributed by atoms with Gasteiger partial charge in [0.1, 0.15) is 35.2 Å². The van der Waals surface area contributed by atoms with Crippen molar-refractivity contribution < 1.29 is 33.1 Å². The first-order valence-electron chi connectivity index (χ1n) is 19.8. The molecular weight excluding hydrogens is 769 g/mol. The minimum atomic E-state index is -1.10. The normalized spacial score (nSPS) is 24.5. The van der Waals surface area contributed by atoms with Crippen LogP contribution in [-0.2, 0) is 9.59 Å². The Kier molecular flexibility index (Phi) is 9.76. The molecule has 1 atom stereocenters. The van der Waals surface area contributed by atoms with Crippen molar-refractivity contribution in [1.29, 1.82) is 5.26 Å². The van der Waals surface area contributed by atoms with Crippen LogP contribution in [0.15, 0.2) is 42.7 Å². The first kappa shape index (κ1) is 37.9. The molecule has 2 aromatic carbocycles. The van der Waals surface area contributed by atoms with Crippen LogP contribution in [0.3, 0.4) is 0 Å². The topological polar surface area (TPSA) is 181 Å². The molecule has 17 heteroatoms. The van der Waals surface area contributed by atoms with E-state index in [0.29, 0.717) is 35.5 Å². The molecule has 2 aliphatic carbocycles. The summed E-state index contributed by atoms with van der Waals surface area (Å²) in [6.45, 7) is 4.32. The van der Waals surface area contributed by atoms with Crippen LogP contribution < -0.4 is 25.2 Å². The molecular formula is C41H41ClFN9O6. The zero-order valence-electron chi connectivity index (χ0n) is 31.6. The fourth-order valence-corrected chi connectivity index (χ4v) is 9.68. The molecule has 58 heavy (non-hydrogen) atoms. The van der Waals surface area contributed by atoms with Gasteiger partial charge >= 0.3 is 0 Å². The molecule has 2 N–H and O–H groups in total. The van der Waals surface area contributed by atoms with Crippen LogP contribution in [0.4, 0.5) is 15.9 Å². The molecule has 6 aliphatic rings. The molecule has 2 saturated carbocycles. The van der Waals surface area contributed by atoms with Gasteiger partial charge in [-0.05, 0) is 69.2 Å². The number of carbonyl (C=O) groups is 5. The van der Waals surface area contributed by atoms with Crippen molar-refractivity contribution in [1.82, 2.24) is 30.4 Å². The van der Waals surface area contributed by atoms with Crippen molar-refractivity contribution in [3.05, 3.63) is 75.9 Å². The number of anilines is 2. The number of benzene rings is 2. The molecule has 5 amide bonds. The third kappa shape index (κ3) is 7.00. The largest absolute Gasteiger partial charge is 0.490 e. The number of aromatic nitrogens is 2. The summed E-state index contributed by atoms with van der Waals surface area (Å²) in [6, 6.07) is 8.95. The zero-order chi connectivity index (χ0) is 40.3. The van der Waals surface area contributed by atoms with Gasteiger partial charge in [-0.25, -0.2) is 14.4 Å². The van der Waals surface area contributed by atoms with E-state index in [9.17, 15) is 24.0 Å². The van der Waals surface area contributed by atoms with Gasteiger partial charge in [-0.1, -0.05) is 11.6 Å². The molecule has 4 aliphatic heterocycles. The maximum Gasteiger partial charge on any atom is 0.271 e. The number of hydrogen-bond donors (Lipinski definition) is 2. The molecule has 3 aromatic rings. The molecule has 5 fully saturated rings. The highest BCUT2D eigenvalue weighted by molar-refractivity contribution is 6.31. The summed E-state index contributed by atoms with van der Waals surface area (Å²) < 4.78 is 21.5. The second-order valence-electron chi connectivity index (χ2n) is 16.3. The molecule has 1 unspecified atom stereocenters. The Labute approximate surface area is 338 Å². The SMILES string of the molecule is N#Cc1ccc(OC2CCC(NC(=O)c3cnc(N4CC5(CC(N6CCN(c7cc8c(cc7F)C(=O)N(C7CCC(=O)NC7=O)C8=O)CC6)C5)C4)cn3)CC2)cc1Cl. The Hall–Kier alpha value is -5.66. The van der Waals surface area contributed by atoms with Crippen LogP contribution in [0.2, 0.25) is 5.02 Å². The molecule has 300 valence electrons. The molecule has 0 bridgehead atoms. The van der Waals surface area contributed by atoms with Gasteiger partial charge in [0.15, 0.2) is 0 Å². The number of nitrogens with one attached hydrogen (secondary N) is 2. The van der Waals surface area contributed by atoms with Crippen molar-refractivity contribution in [2.24, 2.45) is 5.41 Å². The summed E-state index contributed by atoms with van der Waals surface area (Å²) in [5, 5.41) is 14.7. The summed E-state index contributed by atoms with van der Waals surface area (Å²) in [7, 11) is 0. The maximum absolute atomic E-state index is 15.4. The Balaban J connectivity index is 0.712. The predicted molar refractivity (Wildman–Crippen MR) is 207 cm³/mol. The first-order chi connectivity index (χ1) is 28.0. The average Bonchev–Trinajstić information content (AvgIpc) is 3.42. The lowest BCUT2D eigenvalue weighted by Crippen LogP contribution is -2.68. The summed E-state index contributed by atoms with van der Waals surface area (Å²) in [5.41, 5.74) is 1.16. The van der Waals surface area contributed by atoms with Gasteiger partial charge in [-0.3, -0.25) is 39.1 Å². The highest BCUT2D eigenvalue weighted by atomic mass is 35.5. The second kappa shape index (κ2) is 14.9. The molecule has 3 saturated heterocycles. The number of nitriles is 1. The van der Waals surface area contributed by atoms with Crippen molar-refractivity contribution in [2.45, 2.75) is 75.6 Å². The number of rotatable bonds is 8. The van der Waals surface area contributed by atoms with Gasteiger partial charge in [-0.15, -0.1) is 0 Å². The predicted octanol–water partition coefficient (Wildman–Crippen LogP) is 3.45. The van der Waals surface area contributed by atoms with Crippen LogP contribution in [0.5, 0.6) is 5.75 Å². The fourth-order valence-electron chi connectivity index (χ4n) is 9.47. The fraction of sp³-hybridized carbons (Fsp3) is 0.463. The van der Waals surface area contributed by atoms with E-state index in [2.05, 4.69) is 30.4 Å². The number of hydrogen-bond acceptors (Lipinski definition) is 12. The van der Waals surface area contributed by atoms with Crippen LogP contribution in [-0.4, -0.2) is 113 Å². The molecule has 5 heterocycles. The summed E-state index contributed by atoms with van der Waals surface area (Å²) >= 11 is 6.14. The van der Waals surface area contributed by atoms with Gasteiger partial charge < -0.3 is 19.9 Å². The number of ether oxygens (including phenoxy) is 1. The minimum absolute atomic E-state index is 0.00679. The molecule has 9 rings (SSSR count). The average molecular weight is 810 g/mol. The highest BCUT2D eigenvalue weighted by Crippen LogP contribution is 2.51. The number of piperidine rings is 1. The van der Waals surface area contributed by atoms with Crippen LogP contribution in [0, 0.1) is 22.6 Å². The second-order valence-corrected chi connectivity index (χ2v) is 16.7. The van der Waals surface area contributed by atoms with E-state index < -0.39 is 35.5 Å². The van der Waals surface area contributed by atoms with E-state index >= 15 is 4.39 Å². The monoisotopic (exact) mass is 809 g/mol. The van der Waals surface area contributed by atoms with Gasteiger partial charge in [0.05, 0.1) is 45.9 Å². The number of carbonyl (C=O) groups excluding carboxylic acids is 5. The maximum atomic E-state index is 15.4. The number of halogens is 2. The lowest BCUT2D eigenvalue weighted by molar-refractivity contribution is -0.136. The third-order valence-electron chi connectivity index (χ3n) is 12.6. The number of fused-ring (bicyclic) bond motifs is 1. The number of amides is 5.